The van der Waals surface area contributed by atoms with Crippen molar-refractivity contribution in [1.82, 2.24) is 27.4 Å². The number of para-hydroxylation sites is 7. The Labute approximate surface area is 860 Å². The van der Waals surface area contributed by atoms with Crippen molar-refractivity contribution in [1.29, 1.82) is 42.1 Å². The Morgan fingerprint density at radius 1 is 0.147 bits per heavy atom. The maximum absolute atomic E-state index is 9.78. The zero-order chi connectivity index (χ0) is 101. The zero-order valence-corrected chi connectivity index (χ0v) is 80.0. The molecule has 0 saturated heterocycles. The van der Waals surface area contributed by atoms with Crippen molar-refractivity contribution in [2.45, 2.75) is 0 Å². The first-order valence-corrected chi connectivity index (χ1v) is 48.8. The van der Waals surface area contributed by atoms with Crippen molar-refractivity contribution in [3.63, 3.8) is 0 Å². The average Bonchev–Trinajstić information content (AvgIpc) is 1.58. The van der Waals surface area contributed by atoms with Gasteiger partial charge in [-0.1, -0.05) is 212 Å². The van der Waals surface area contributed by atoms with Crippen LogP contribution in [0.2, 0.25) is 0 Å². The van der Waals surface area contributed by atoms with Crippen LogP contribution in [0.15, 0.2) is 455 Å². The van der Waals surface area contributed by atoms with Gasteiger partial charge in [-0.2, -0.15) is 42.1 Å². The summed E-state index contributed by atoms with van der Waals surface area (Å²) < 4.78 is 13.7. The maximum atomic E-state index is 9.78. The monoisotopic (exact) mass is 1910 g/mol. The zero-order valence-electron chi connectivity index (χ0n) is 80.0. The summed E-state index contributed by atoms with van der Waals surface area (Å²) in [5, 5.41) is 90.1. The molecule has 0 atom stereocenters. The van der Waals surface area contributed by atoms with Gasteiger partial charge < -0.3 is 27.4 Å². The molecular formula is C135H75N15. The third kappa shape index (κ3) is 15.4. The molecule has 0 saturated carbocycles. The number of nitriles is 8. The molecule has 0 aliphatic heterocycles. The molecule has 150 heavy (non-hydrogen) atoms. The summed E-state index contributed by atoms with van der Waals surface area (Å²) in [6.07, 6.45) is 0. The van der Waals surface area contributed by atoms with Gasteiger partial charge in [-0.3, -0.25) is 0 Å². The number of nitrogens with zero attached hydrogens (tertiary/aromatic N) is 15. The van der Waals surface area contributed by atoms with E-state index in [1.54, 1.807) is 0 Å². The fraction of sp³-hybridized carbons (Fsp3) is 0. The van der Waals surface area contributed by atoms with Crippen LogP contribution in [-0.2, 0) is 0 Å². The van der Waals surface area contributed by atoms with Crippen LogP contribution in [-0.4, -0.2) is 27.4 Å². The van der Waals surface area contributed by atoms with E-state index in [-0.39, 0.29) is 0 Å². The molecule has 0 radical (unpaired) electrons. The molecule has 21 aromatic carbocycles. The predicted octanol–water partition coefficient (Wildman–Crippen LogP) is 33.2. The van der Waals surface area contributed by atoms with Gasteiger partial charge in [0.15, 0.2) is 5.69 Å². The molecule has 690 valence electrons. The van der Waals surface area contributed by atoms with Gasteiger partial charge in [0.2, 0.25) is 0 Å². The van der Waals surface area contributed by atoms with Gasteiger partial charge in [-0.15, -0.1) is 0 Å². The minimum Gasteiger partial charge on any atom is -0.309 e. The molecule has 15 nitrogen and oxygen atoms in total. The highest BCUT2D eigenvalue weighted by Gasteiger charge is 2.26. The topological polar surface area (TPSA) is 224 Å². The lowest BCUT2D eigenvalue weighted by atomic mass is 9.97. The molecule has 0 bridgehead atoms. The molecular weight excluding hydrogens is 1830 g/mol. The molecule has 0 amide bonds. The van der Waals surface area contributed by atoms with E-state index in [0.29, 0.717) is 50.2 Å². The molecule has 6 heterocycles. The van der Waals surface area contributed by atoms with E-state index in [2.05, 4.69) is 348 Å². The van der Waals surface area contributed by atoms with Crippen LogP contribution in [0.5, 0.6) is 0 Å². The lowest BCUT2D eigenvalue weighted by Crippen LogP contribution is -2.00. The third-order valence-corrected chi connectivity index (χ3v) is 28.7. The first kappa shape index (κ1) is 89.2. The Balaban J connectivity index is 0.000000116. The van der Waals surface area contributed by atoms with Gasteiger partial charge in [0, 0.05) is 98.8 Å². The molecule has 6 aromatic heterocycles. The molecule has 0 unspecified atom stereocenters. The highest BCUT2D eigenvalue weighted by Crippen LogP contribution is 2.47. The molecule has 0 aliphatic rings. The summed E-state index contributed by atoms with van der Waals surface area (Å²) in [5.74, 6) is 0. The van der Waals surface area contributed by atoms with Crippen molar-refractivity contribution in [2.75, 3.05) is 0 Å². The van der Waals surface area contributed by atoms with E-state index in [1.165, 1.54) is 32.3 Å². The minimum atomic E-state index is 0.565. The SMILES string of the molecule is N#Cc1ccc(-c2cccc(-c3cc(-n4c5ccccc5c5ccccc54)cc(-n4c5ccc(C#N)cc5c5cc(C#N)ccc54)c3)c2)cc1.N#Cc1cccc(-c2cccc(-c3cc(-n4c5ccccc5c5ccccc54)cc(-n4c5ccc(C#N)cc5c5cc(C#N)ccc54)c3)c2)c1.[C-]#[N+]c1ccccc1-c1cccc(-c2cc(-n3c4ccccc4c4ccccc43)cc(-n3c4ccc(C#N)cc4c4cc(C#N)ccc43)c2)c1. The van der Waals surface area contributed by atoms with Gasteiger partial charge in [-0.05, 0) is 309 Å². The summed E-state index contributed by atoms with van der Waals surface area (Å²) in [5.41, 5.74) is 35.6. The van der Waals surface area contributed by atoms with Crippen LogP contribution in [0.25, 0.3) is 237 Å². The molecule has 0 N–H and O–H groups in total. The smallest absolute Gasteiger partial charge is 0.194 e. The highest BCUT2D eigenvalue weighted by molar-refractivity contribution is 6.16. The number of fused-ring (bicyclic) bond motifs is 18. The lowest BCUT2D eigenvalue weighted by molar-refractivity contribution is 1.13. The van der Waals surface area contributed by atoms with Crippen LogP contribution < -0.4 is 0 Å². The normalized spacial score (nSPS) is 11.1. The first-order chi connectivity index (χ1) is 73.9. The van der Waals surface area contributed by atoms with Crippen LogP contribution in [0.4, 0.5) is 5.69 Å². The minimum absolute atomic E-state index is 0.565. The number of aromatic nitrogens is 6. The van der Waals surface area contributed by atoms with E-state index in [4.69, 9.17) is 6.57 Å². The quantitative estimate of drug-likeness (QED) is 0.107. The third-order valence-electron chi connectivity index (χ3n) is 28.7. The maximum Gasteiger partial charge on any atom is 0.194 e. The number of hydrogen-bond acceptors (Lipinski definition) is 8. The largest absolute Gasteiger partial charge is 0.309 e. The second-order valence-electron chi connectivity index (χ2n) is 37.1. The Hall–Kier alpha value is -22.2. The van der Waals surface area contributed by atoms with Crippen molar-refractivity contribution in [3.05, 3.63) is 511 Å². The number of rotatable bonds is 12. The van der Waals surface area contributed by atoms with E-state index in [0.717, 1.165) is 199 Å². The Morgan fingerprint density at radius 3 is 0.627 bits per heavy atom. The second kappa shape index (κ2) is 37.0. The van der Waals surface area contributed by atoms with Crippen LogP contribution in [0.3, 0.4) is 0 Å². The molecule has 0 aliphatic carbocycles. The van der Waals surface area contributed by atoms with Crippen molar-refractivity contribution in [2.24, 2.45) is 0 Å². The Bertz CT molecular complexity index is 10500. The van der Waals surface area contributed by atoms with Crippen molar-refractivity contribution < 1.29 is 0 Å². The van der Waals surface area contributed by atoms with Crippen LogP contribution >= 0.6 is 0 Å². The van der Waals surface area contributed by atoms with E-state index in [1.807, 2.05) is 188 Å². The molecule has 27 aromatic rings. The van der Waals surface area contributed by atoms with Gasteiger partial charge in [0.25, 0.3) is 0 Å². The molecule has 15 heteroatoms. The van der Waals surface area contributed by atoms with Crippen LogP contribution in [0.1, 0.15) is 44.5 Å². The first-order valence-electron chi connectivity index (χ1n) is 48.8. The van der Waals surface area contributed by atoms with E-state index in [9.17, 15) is 42.1 Å². The van der Waals surface area contributed by atoms with Gasteiger partial charge in [0.05, 0.1) is 166 Å². The lowest BCUT2D eigenvalue weighted by Gasteiger charge is -2.16. The summed E-state index contributed by atoms with van der Waals surface area (Å²) in [6, 6.07) is 172. The standard InChI is InChI=1S/3C45H25N5/c1-48-41-14-5-2-11-36(41)32-10-8-9-31(23-32)33-24-34(49-42-15-6-3-12-37(42)38-13-4-7-16-43(38)49)26-35(25-33)50-44-19-17-29(27-46)21-39(44)40-22-30(28-47)18-20-45(40)50;46-26-29-7-5-8-32(19-29)33-9-6-10-34(22-33)35-23-36(49-42-13-3-1-11-38(42)39-12-2-4-14-43(39)49)25-37(24-35)50-44-17-15-30(27-47)20-40(44)41-21-31(28-48)16-18-45(41)50;46-26-29-12-16-32(17-13-29)33-6-5-7-34(22-33)35-23-36(49-42-10-3-1-8-38(42)39-9-2-4-11-43(39)49)25-37(24-35)50-44-18-14-30(27-47)20-40(44)41-21-31(28-48)15-19-45(41)50/h2-26H;2*1-25H. The highest BCUT2D eigenvalue weighted by atomic mass is 15.0. The fourth-order valence-electron chi connectivity index (χ4n) is 21.9. The molecule has 0 spiro atoms. The number of benzene rings is 21. The van der Waals surface area contributed by atoms with Gasteiger partial charge in [0.1, 0.15) is 0 Å². The van der Waals surface area contributed by atoms with E-state index < -0.39 is 0 Å². The Morgan fingerprint density at radius 2 is 0.353 bits per heavy atom. The number of hydrogen-bond donors (Lipinski definition) is 0. The van der Waals surface area contributed by atoms with Crippen LogP contribution in [0, 0.1) is 97.2 Å². The van der Waals surface area contributed by atoms with E-state index >= 15 is 0 Å². The molecule has 27 rings (SSSR count). The predicted molar refractivity (Wildman–Crippen MR) is 602 cm³/mol. The summed E-state index contributed by atoms with van der Waals surface area (Å²) in [7, 11) is 0. The second-order valence-corrected chi connectivity index (χ2v) is 37.1. The average molecular weight is 1910 g/mol. The van der Waals surface area contributed by atoms with Crippen molar-refractivity contribution >= 4 is 137 Å². The van der Waals surface area contributed by atoms with Crippen molar-refractivity contribution in [3.8, 4) is 149 Å². The Kier molecular flexibility index (Phi) is 22.0. The molecule has 0 fully saturated rings. The van der Waals surface area contributed by atoms with Gasteiger partial charge >= 0.3 is 0 Å². The summed E-state index contributed by atoms with van der Waals surface area (Å²) in [6.45, 7) is 7.77. The van der Waals surface area contributed by atoms with Gasteiger partial charge in [-0.25, -0.2) is 4.85 Å². The summed E-state index contributed by atoms with van der Waals surface area (Å²) >= 11 is 0. The fourth-order valence-corrected chi connectivity index (χ4v) is 21.9. The summed E-state index contributed by atoms with van der Waals surface area (Å²) in [4.78, 5) is 3.79.